The predicted molar refractivity (Wildman–Crippen MR) is 71.4 cm³/mol. The number of hydrogen-bond donors (Lipinski definition) is 3. The second-order valence-corrected chi connectivity index (χ2v) is 4.17. The lowest BCUT2D eigenvalue weighted by molar-refractivity contribution is 0.426. The van der Waals surface area contributed by atoms with Crippen molar-refractivity contribution in [3.05, 3.63) is 42.0 Å². The molecule has 0 aliphatic heterocycles. The van der Waals surface area contributed by atoms with Crippen LogP contribution in [0.2, 0.25) is 0 Å². The Morgan fingerprint density at radius 2 is 1.76 bits per heavy atom. The lowest BCUT2D eigenvalue weighted by Gasteiger charge is -2.05. The van der Waals surface area contributed by atoms with Gasteiger partial charge in [0.1, 0.15) is 0 Å². The van der Waals surface area contributed by atoms with E-state index in [4.69, 9.17) is 10.0 Å². The molecule has 3 nitrogen and oxygen atoms in total. The highest BCUT2D eigenvalue weighted by Gasteiger charge is 2.10. The van der Waals surface area contributed by atoms with Crippen molar-refractivity contribution in [2.45, 2.75) is 6.42 Å². The van der Waals surface area contributed by atoms with Gasteiger partial charge in [0.05, 0.1) is 0 Å². The molecule has 0 saturated carbocycles. The van der Waals surface area contributed by atoms with Gasteiger partial charge in [-0.15, -0.1) is 0 Å². The number of likely N-dealkylation sites (N-methyl/N-ethyl adjacent to an activating group) is 1. The van der Waals surface area contributed by atoms with Crippen molar-refractivity contribution in [1.29, 1.82) is 0 Å². The van der Waals surface area contributed by atoms with Crippen molar-refractivity contribution in [3.63, 3.8) is 0 Å². The van der Waals surface area contributed by atoms with Crippen LogP contribution in [0.3, 0.4) is 0 Å². The number of nitrogens with one attached hydrogen (secondary N) is 1. The van der Waals surface area contributed by atoms with E-state index in [-0.39, 0.29) is 0 Å². The normalized spacial score (nSPS) is 10.8. The Morgan fingerprint density at radius 3 is 2.47 bits per heavy atom. The molecular formula is C13H16BNO2. The molecule has 2 aromatic rings. The fourth-order valence-electron chi connectivity index (χ4n) is 1.90. The van der Waals surface area contributed by atoms with Crippen LogP contribution in [0.15, 0.2) is 36.4 Å². The van der Waals surface area contributed by atoms with Crippen molar-refractivity contribution < 1.29 is 10.0 Å². The topological polar surface area (TPSA) is 52.5 Å². The molecule has 0 heterocycles. The first-order valence-electron chi connectivity index (χ1n) is 5.74. The van der Waals surface area contributed by atoms with Crippen LogP contribution in [0, 0.1) is 0 Å². The zero-order chi connectivity index (χ0) is 12.3. The van der Waals surface area contributed by atoms with Gasteiger partial charge < -0.3 is 15.4 Å². The summed E-state index contributed by atoms with van der Waals surface area (Å²) in [7, 11) is 0.541. The number of benzene rings is 2. The van der Waals surface area contributed by atoms with Crippen LogP contribution >= 0.6 is 0 Å². The van der Waals surface area contributed by atoms with Gasteiger partial charge in [0.15, 0.2) is 0 Å². The molecule has 2 rings (SSSR count). The molecule has 17 heavy (non-hydrogen) atoms. The highest BCUT2D eigenvalue weighted by atomic mass is 16.4. The summed E-state index contributed by atoms with van der Waals surface area (Å²) in [5, 5.41) is 23.5. The van der Waals surface area contributed by atoms with Crippen molar-refractivity contribution in [2.75, 3.05) is 13.6 Å². The fourth-order valence-corrected chi connectivity index (χ4v) is 1.90. The first-order valence-corrected chi connectivity index (χ1v) is 5.74. The molecule has 0 atom stereocenters. The lowest BCUT2D eigenvalue weighted by atomic mass is 9.79. The van der Waals surface area contributed by atoms with Crippen LogP contribution in [-0.4, -0.2) is 30.8 Å². The van der Waals surface area contributed by atoms with Gasteiger partial charge in [-0.05, 0) is 41.8 Å². The highest BCUT2D eigenvalue weighted by Crippen LogP contribution is 2.15. The Balaban J connectivity index is 2.33. The molecule has 0 radical (unpaired) electrons. The van der Waals surface area contributed by atoms with Gasteiger partial charge in [0.25, 0.3) is 0 Å². The Morgan fingerprint density at radius 1 is 1.06 bits per heavy atom. The van der Waals surface area contributed by atoms with E-state index in [0.717, 1.165) is 23.7 Å². The van der Waals surface area contributed by atoms with E-state index in [1.165, 1.54) is 5.56 Å². The zero-order valence-corrected chi connectivity index (χ0v) is 9.85. The van der Waals surface area contributed by atoms with E-state index in [9.17, 15) is 0 Å². The van der Waals surface area contributed by atoms with Crippen LogP contribution < -0.4 is 10.8 Å². The number of hydrogen-bond acceptors (Lipinski definition) is 3. The van der Waals surface area contributed by atoms with Gasteiger partial charge >= 0.3 is 7.12 Å². The molecule has 3 N–H and O–H groups in total. The third-order valence-corrected chi connectivity index (χ3v) is 2.89. The van der Waals surface area contributed by atoms with E-state index in [1.54, 1.807) is 6.07 Å². The van der Waals surface area contributed by atoms with Crippen LogP contribution in [0.5, 0.6) is 0 Å². The molecule has 4 heteroatoms. The van der Waals surface area contributed by atoms with Gasteiger partial charge in [-0.2, -0.15) is 0 Å². The zero-order valence-electron chi connectivity index (χ0n) is 9.85. The highest BCUT2D eigenvalue weighted by molar-refractivity contribution is 6.58. The van der Waals surface area contributed by atoms with Gasteiger partial charge in [-0.25, -0.2) is 0 Å². The quantitative estimate of drug-likeness (QED) is 0.660. The van der Waals surface area contributed by atoms with E-state index in [2.05, 4.69) is 17.4 Å². The van der Waals surface area contributed by atoms with E-state index < -0.39 is 7.12 Å². The summed E-state index contributed by atoms with van der Waals surface area (Å²) in [6.07, 6.45) is 0.997. The molecule has 0 bridgehead atoms. The summed E-state index contributed by atoms with van der Waals surface area (Å²) in [6, 6.07) is 11.7. The first-order chi connectivity index (χ1) is 8.20. The number of fused-ring (bicyclic) bond motifs is 1. The second-order valence-electron chi connectivity index (χ2n) is 4.17. The van der Waals surface area contributed by atoms with Crippen LogP contribution in [0.25, 0.3) is 10.8 Å². The first kappa shape index (κ1) is 12.1. The summed E-state index contributed by atoms with van der Waals surface area (Å²) in [5.41, 5.74) is 1.81. The molecule has 0 aromatic heterocycles. The van der Waals surface area contributed by atoms with E-state index >= 15 is 0 Å². The minimum atomic E-state index is -1.40. The molecular weight excluding hydrogens is 213 g/mol. The summed E-state index contributed by atoms with van der Waals surface area (Å²) < 4.78 is 0. The molecule has 0 saturated heterocycles. The SMILES string of the molecule is CNCCc1ccc2cc(B(O)O)ccc2c1. The summed E-state index contributed by atoms with van der Waals surface area (Å²) in [5.74, 6) is 0. The molecule has 0 unspecified atom stereocenters. The van der Waals surface area contributed by atoms with Crippen molar-refractivity contribution >= 4 is 23.4 Å². The van der Waals surface area contributed by atoms with Gasteiger partial charge in [-0.1, -0.05) is 36.4 Å². The minimum absolute atomic E-state index is 0.528. The van der Waals surface area contributed by atoms with E-state index in [0.29, 0.717) is 5.46 Å². The van der Waals surface area contributed by atoms with E-state index in [1.807, 2.05) is 25.2 Å². The van der Waals surface area contributed by atoms with Gasteiger partial charge in [0.2, 0.25) is 0 Å². The van der Waals surface area contributed by atoms with Gasteiger partial charge in [0, 0.05) is 0 Å². The maximum Gasteiger partial charge on any atom is 0.488 e. The third kappa shape index (κ3) is 2.85. The summed E-state index contributed by atoms with van der Waals surface area (Å²) in [4.78, 5) is 0. The monoisotopic (exact) mass is 229 g/mol. The maximum atomic E-state index is 9.10. The molecule has 0 aliphatic rings. The predicted octanol–water partition coefficient (Wildman–Crippen LogP) is 0.282. The van der Waals surface area contributed by atoms with Crippen LogP contribution in [0.1, 0.15) is 5.56 Å². The standard InChI is InChI=1S/C13H16BNO2/c1-15-7-6-10-2-3-12-9-13(14(16)17)5-4-11(12)8-10/h2-5,8-9,15-17H,6-7H2,1H3. The van der Waals surface area contributed by atoms with Crippen molar-refractivity contribution in [1.82, 2.24) is 5.32 Å². The molecule has 0 amide bonds. The minimum Gasteiger partial charge on any atom is -0.423 e. The third-order valence-electron chi connectivity index (χ3n) is 2.89. The number of rotatable bonds is 4. The van der Waals surface area contributed by atoms with Crippen molar-refractivity contribution in [2.24, 2.45) is 0 Å². The average Bonchev–Trinajstić information content (AvgIpc) is 2.35. The molecule has 0 fully saturated rings. The molecule has 0 aliphatic carbocycles. The molecule has 0 spiro atoms. The average molecular weight is 229 g/mol. The van der Waals surface area contributed by atoms with Crippen LogP contribution in [0.4, 0.5) is 0 Å². The smallest absolute Gasteiger partial charge is 0.423 e. The molecule has 88 valence electrons. The largest absolute Gasteiger partial charge is 0.488 e. The Labute approximate surface area is 101 Å². The Hall–Kier alpha value is -1.36. The lowest BCUT2D eigenvalue weighted by Crippen LogP contribution is -2.29. The second kappa shape index (κ2) is 5.32. The van der Waals surface area contributed by atoms with Gasteiger partial charge in [-0.3, -0.25) is 0 Å². The summed E-state index contributed by atoms with van der Waals surface area (Å²) >= 11 is 0. The maximum absolute atomic E-state index is 9.10. The Kier molecular flexibility index (Phi) is 3.79. The van der Waals surface area contributed by atoms with Crippen molar-refractivity contribution in [3.8, 4) is 0 Å². The fraction of sp³-hybridized carbons (Fsp3) is 0.231. The van der Waals surface area contributed by atoms with Crippen LogP contribution in [-0.2, 0) is 6.42 Å². The Bertz CT molecular complexity index is 514. The summed E-state index contributed by atoms with van der Waals surface area (Å²) in [6.45, 7) is 0.957. The molecule has 2 aromatic carbocycles.